The second kappa shape index (κ2) is 7.80. The number of carbonyl (C=O) groups is 1. The lowest BCUT2D eigenvalue weighted by molar-refractivity contribution is 0.101. The van der Waals surface area contributed by atoms with Crippen LogP contribution in [-0.4, -0.2) is 36.9 Å². The molecule has 0 radical (unpaired) electrons. The lowest BCUT2D eigenvalue weighted by Crippen LogP contribution is -2.23. The topological polar surface area (TPSA) is 85.6 Å². The number of fused-ring (bicyclic) bond motifs is 1. The monoisotopic (exact) mass is 434 g/mol. The normalized spacial score (nSPS) is 11.3. The van der Waals surface area contributed by atoms with Gasteiger partial charge in [0.15, 0.2) is 16.5 Å². The molecule has 0 saturated carbocycles. The van der Waals surface area contributed by atoms with Crippen LogP contribution in [0.4, 0.5) is 8.78 Å². The van der Waals surface area contributed by atoms with E-state index >= 15 is 0 Å². The van der Waals surface area contributed by atoms with Crippen molar-refractivity contribution in [2.45, 2.75) is 19.8 Å². The van der Waals surface area contributed by atoms with Crippen molar-refractivity contribution in [3.63, 3.8) is 0 Å². The minimum Gasteiger partial charge on any atom is -0.267 e. The standard InChI is InChI=1S/C18H13ClF2N6OS/c1-9-12(6-23-15(24-9)18-25-13(19)8-29-18)17(28)26-27-7-10(5-14(20)21)11-3-2-4-22-16(11)27/h2-4,6-8,14H,5H2,1H3,(H,26,28). The van der Waals surface area contributed by atoms with Crippen LogP contribution in [0.3, 0.4) is 0 Å². The zero-order valence-corrected chi connectivity index (χ0v) is 16.5. The van der Waals surface area contributed by atoms with E-state index in [9.17, 15) is 13.6 Å². The van der Waals surface area contributed by atoms with Crippen molar-refractivity contribution in [2.75, 3.05) is 5.43 Å². The molecule has 4 aromatic rings. The van der Waals surface area contributed by atoms with Crippen molar-refractivity contribution in [3.05, 3.63) is 58.1 Å². The van der Waals surface area contributed by atoms with Crippen LogP contribution in [0.5, 0.6) is 0 Å². The largest absolute Gasteiger partial charge is 0.273 e. The first kappa shape index (κ1) is 19.3. The molecule has 0 aliphatic carbocycles. The molecule has 0 bridgehead atoms. The molecule has 1 N–H and O–H groups in total. The number of aryl methyl sites for hydroxylation is 1. The summed E-state index contributed by atoms with van der Waals surface area (Å²) in [5.41, 5.74) is 4.11. The van der Waals surface area contributed by atoms with Crippen LogP contribution in [0, 0.1) is 6.92 Å². The molecular formula is C18H13ClF2N6OS. The number of nitrogens with zero attached hydrogens (tertiary/aromatic N) is 5. The molecule has 148 valence electrons. The molecule has 4 aromatic heterocycles. The Hall–Kier alpha value is -2.98. The van der Waals surface area contributed by atoms with Crippen LogP contribution in [0.15, 0.2) is 36.1 Å². The van der Waals surface area contributed by atoms with Gasteiger partial charge in [-0.05, 0) is 24.6 Å². The van der Waals surface area contributed by atoms with Crippen LogP contribution in [0.25, 0.3) is 21.9 Å². The van der Waals surface area contributed by atoms with Gasteiger partial charge in [-0.25, -0.2) is 33.4 Å². The van der Waals surface area contributed by atoms with Gasteiger partial charge in [-0.15, -0.1) is 11.3 Å². The highest BCUT2D eigenvalue weighted by Crippen LogP contribution is 2.24. The summed E-state index contributed by atoms with van der Waals surface area (Å²) in [6, 6.07) is 3.34. The SMILES string of the molecule is Cc1nc(-c2nc(Cl)cs2)ncc1C(=O)Nn1cc(CC(F)F)c2cccnc21. The maximum Gasteiger partial charge on any atom is 0.273 e. The minimum atomic E-state index is -2.51. The summed E-state index contributed by atoms with van der Waals surface area (Å²) in [6.07, 6.45) is 1.43. The van der Waals surface area contributed by atoms with Gasteiger partial charge in [0.1, 0.15) is 5.15 Å². The molecule has 0 saturated heterocycles. The molecule has 0 fully saturated rings. The number of amides is 1. The molecule has 4 rings (SSSR count). The summed E-state index contributed by atoms with van der Waals surface area (Å²) >= 11 is 7.12. The summed E-state index contributed by atoms with van der Waals surface area (Å²) in [6.45, 7) is 1.67. The van der Waals surface area contributed by atoms with Crippen molar-refractivity contribution in [1.82, 2.24) is 24.6 Å². The van der Waals surface area contributed by atoms with E-state index in [0.717, 1.165) is 0 Å². The van der Waals surface area contributed by atoms with Crippen LogP contribution in [0.2, 0.25) is 5.15 Å². The number of pyridine rings is 1. The first-order valence-corrected chi connectivity index (χ1v) is 9.67. The van der Waals surface area contributed by atoms with E-state index in [2.05, 4.69) is 25.4 Å². The molecular weight excluding hydrogens is 422 g/mol. The highest BCUT2D eigenvalue weighted by Gasteiger charge is 2.18. The highest BCUT2D eigenvalue weighted by molar-refractivity contribution is 7.13. The fraction of sp³-hybridized carbons (Fsp3) is 0.167. The average Bonchev–Trinajstić information content (AvgIpc) is 3.26. The van der Waals surface area contributed by atoms with Crippen LogP contribution in [-0.2, 0) is 6.42 Å². The maximum absolute atomic E-state index is 12.9. The fourth-order valence-corrected chi connectivity index (χ4v) is 3.74. The third kappa shape index (κ3) is 3.94. The van der Waals surface area contributed by atoms with E-state index in [-0.39, 0.29) is 5.56 Å². The number of hydrogen-bond acceptors (Lipinski definition) is 6. The predicted molar refractivity (Wildman–Crippen MR) is 106 cm³/mol. The summed E-state index contributed by atoms with van der Waals surface area (Å²) < 4.78 is 27.1. The van der Waals surface area contributed by atoms with Gasteiger partial charge in [0, 0.05) is 35.8 Å². The van der Waals surface area contributed by atoms with E-state index < -0.39 is 18.8 Å². The second-order valence-corrected chi connectivity index (χ2v) is 7.35. The smallest absolute Gasteiger partial charge is 0.267 e. The lowest BCUT2D eigenvalue weighted by Gasteiger charge is -2.09. The van der Waals surface area contributed by atoms with Gasteiger partial charge in [-0.3, -0.25) is 10.2 Å². The minimum absolute atomic E-state index is 0.240. The Bertz CT molecular complexity index is 1210. The quantitative estimate of drug-likeness (QED) is 0.511. The molecule has 0 spiro atoms. The zero-order valence-electron chi connectivity index (χ0n) is 14.9. The zero-order chi connectivity index (χ0) is 20.5. The number of rotatable bonds is 5. The van der Waals surface area contributed by atoms with Crippen molar-refractivity contribution in [3.8, 4) is 10.8 Å². The van der Waals surface area contributed by atoms with Crippen molar-refractivity contribution < 1.29 is 13.6 Å². The average molecular weight is 435 g/mol. The molecule has 29 heavy (non-hydrogen) atoms. The molecule has 0 aromatic carbocycles. The molecule has 0 atom stereocenters. The summed E-state index contributed by atoms with van der Waals surface area (Å²) in [4.78, 5) is 29.5. The Labute approximate surface area is 172 Å². The van der Waals surface area contributed by atoms with Gasteiger partial charge in [-0.1, -0.05) is 11.6 Å². The third-order valence-corrected chi connectivity index (χ3v) is 5.29. The van der Waals surface area contributed by atoms with E-state index in [1.165, 1.54) is 34.6 Å². The fourth-order valence-electron chi connectivity index (χ4n) is 2.86. The third-order valence-electron chi connectivity index (χ3n) is 4.13. The Morgan fingerprint density at radius 2 is 2.17 bits per heavy atom. The van der Waals surface area contributed by atoms with Gasteiger partial charge in [0.25, 0.3) is 5.91 Å². The Morgan fingerprint density at radius 1 is 1.34 bits per heavy atom. The van der Waals surface area contributed by atoms with E-state index in [1.807, 2.05) is 0 Å². The van der Waals surface area contributed by atoms with Crippen molar-refractivity contribution in [1.29, 1.82) is 0 Å². The Morgan fingerprint density at radius 3 is 2.86 bits per heavy atom. The number of alkyl halides is 2. The molecule has 0 aliphatic rings. The lowest BCUT2D eigenvalue weighted by atomic mass is 10.2. The highest BCUT2D eigenvalue weighted by atomic mass is 35.5. The first-order valence-electron chi connectivity index (χ1n) is 8.42. The van der Waals surface area contributed by atoms with Crippen LogP contribution >= 0.6 is 22.9 Å². The number of aromatic nitrogens is 5. The molecule has 4 heterocycles. The van der Waals surface area contributed by atoms with Gasteiger partial charge in [-0.2, -0.15) is 0 Å². The van der Waals surface area contributed by atoms with Gasteiger partial charge in [0.2, 0.25) is 6.43 Å². The molecule has 11 heteroatoms. The van der Waals surface area contributed by atoms with E-state index in [0.29, 0.717) is 38.3 Å². The first-order chi connectivity index (χ1) is 13.9. The van der Waals surface area contributed by atoms with Gasteiger partial charge in [0.05, 0.1) is 11.3 Å². The van der Waals surface area contributed by atoms with Crippen LogP contribution < -0.4 is 5.43 Å². The summed E-state index contributed by atoms with van der Waals surface area (Å²) in [5, 5.41) is 3.11. The van der Waals surface area contributed by atoms with Gasteiger partial charge < -0.3 is 0 Å². The number of nitrogens with one attached hydrogen (secondary N) is 1. The number of halogens is 3. The second-order valence-electron chi connectivity index (χ2n) is 6.10. The van der Waals surface area contributed by atoms with Gasteiger partial charge >= 0.3 is 0 Å². The molecule has 0 aliphatic heterocycles. The predicted octanol–water partition coefficient (Wildman–Crippen LogP) is 4.10. The Balaban J connectivity index is 1.63. The van der Waals surface area contributed by atoms with Crippen molar-refractivity contribution in [2.24, 2.45) is 0 Å². The van der Waals surface area contributed by atoms with Crippen molar-refractivity contribution >= 4 is 39.9 Å². The summed E-state index contributed by atoms with van der Waals surface area (Å²) in [5.74, 6) is -0.124. The van der Waals surface area contributed by atoms with E-state index in [4.69, 9.17) is 11.6 Å². The summed E-state index contributed by atoms with van der Waals surface area (Å²) in [7, 11) is 0. The maximum atomic E-state index is 12.9. The molecule has 0 unspecified atom stereocenters. The number of thiazole rings is 1. The van der Waals surface area contributed by atoms with Crippen LogP contribution in [0.1, 0.15) is 21.6 Å². The molecule has 1 amide bonds. The number of hydrogen-bond donors (Lipinski definition) is 1. The van der Waals surface area contributed by atoms with E-state index in [1.54, 1.807) is 24.4 Å². The molecule has 7 nitrogen and oxygen atoms in total. The Kier molecular flexibility index (Phi) is 5.20. The number of carbonyl (C=O) groups excluding carboxylic acids is 1.